The first-order valence-electron chi connectivity index (χ1n) is 2.19. The van der Waals surface area contributed by atoms with E-state index in [1.807, 2.05) is 0 Å². The SMILES string of the molecule is CSC(=O)CCSN. The first kappa shape index (κ1) is 8.33. The van der Waals surface area contributed by atoms with Crippen LogP contribution in [0.5, 0.6) is 0 Å². The maximum atomic E-state index is 10.5. The average molecular weight is 151 g/mol. The third-order valence-corrected chi connectivity index (χ3v) is 1.75. The number of hydrogen-bond donors (Lipinski definition) is 1. The van der Waals surface area contributed by atoms with Gasteiger partial charge in [0.1, 0.15) is 0 Å². The topological polar surface area (TPSA) is 43.1 Å². The molecule has 0 unspecified atom stereocenters. The van der Waals surface area contributed by atoms with Crippen LogP contribution in [0.4, 0.5) is 0 Å². The molecule has 0 heterocycles. The van der Waals surface area contributed by atoms with E-state index in [-0.39, 0.29) is 5.12 Å². The predicted molar refractivity (Wildman–Crippen MR) is 39.8 cm³/mol. The van der Waals surface area contributed by atoms with Crippen molar-refractivity contribution in [1.29, 1.82) is 0 Å². The molecule has 0 bridgehead atoms. The summed E-state index contributed by atoms with van der Waals surface area (Å²) in [5.74, 6) is 0.736. The summed E-state index contributed by atoms with van der Waals surface area (Å²) in [6.07, 6.45) is 2.37. The van der Waals surface area contributed by atoms with Crippen LogP contribution < -0.4 is 5.14 Å². The van der Waals surface area contributed by atoms with Gasteiger partial charge in [0.15, 0.2) is 5.12 Å². The molecular formula is C4H9NOS2. The number of nitrogens with two attached hydrogens (primary N) is 1. The molecule has 0 aromatic carbocycles. The molecule has 0 radical (unpaired) electrons. The summed E-state index contributed by atoms with van der Waals surface area (Å²) in [7, 11) is 0. The maximum absolute atomic E-state index is 10.5. The van der Waals surface area contributed by atoms with Gasteiger partial charge < -0.3 is 0 Å². The monoisotopic (exact) mass is 151 g/mol. The van der Waals surface area contributed by atoms with Gasteiger partial charge in [0.2, 0.25) is 0 Å². The lowest BCUT2D eigenvalue weighted by molar-refractivity contribution is -0.110. The van der Waals surface area contributed by atoms with Gasteiger partial charge in [-0.05, 0) is 6.26 Å². The van der Waals surface area contributed by atoms with E-state index < -0.39 is 0 Å². The van der Waals surface area contributed by atoms with Crippen molar-refractivity contribution in [3.8, 4) is 0 Å². The van der Waals surface area contributed by atoms with Gasteiger partial charge in [0.05, 0.1) is 0 Å². The number of thioether (sulfide) groups is 1. The molecule has 4 heteroatoms. The molecule has 0 amide bonds. The number of carbonyl (C=O) groups is 1. The standard InChI is InChI=1S/C4H9NOS2/c1-7-4(6)2-3-8-5/h2-3,5H2,1H3. The lowest BCUT2D eigenvalue weighted by Gasteiger charge is -1.90. The molecule has 0 spiro atoms. The van der Waals surface area contributed by atoms with Crippen molar-refractivity contribution in [2.75, 3.05) is 12.0 Å². The van der Waals surface area contributed by atoms with Crippen LogP contribution in [-0.4, -0.2) is 17.1 Å². The molecule has 0 saturated carbocycles. The van der Waals surface area contributed by atoms with E-state index in [4.69, 9.17) is 5.14 Å². The Morgan fingerprint density at radius 2 is 2.38 bits per heavy atom. The van der Waals surface area contributed by atoms with Crippen LogP contribution in [0.2, 0.25) is 0 Å². The number of carbonyl (C=O) groups excluding carboxylic acids is 1. The highest BCUT2D eigenvalue weighted by Gasteiger charge is 1.95. The summed E-state index contributed by atoms with van der Waals surface area (Å²) in [5.41, 5.74) is 0. The number of hydrogen-bond acceptors (Lipinski definition) is 4. The van der Waals surface area contributed by atoms with Gasteiger partial charge in [0, 0.05) is 12.2 Å². The molecule has 2 nitrogen and oxygen atoms in total. The molecule has 0 atom stereocenters. The minimum atomic E-state index is 0.211. The zero-order chi connectivity index (χ0) is 6.41. The molecule has 48 valence electrons. The van der Waals surface area contributed by atoms with Crippen LogP contribution in [-0.2, 0) is 4.79 Å². The van der Waals surface area contributed by atoms with Crippen molar-refractivity contribution in [1.82, 2.24) is 0 Å². The van der Waals surface area contributed by atoms with Crippen LogP contribution in [0.3, 0.4) is 0 Å². The summed E-state index contributed by atoms with van der Waals surface area (Å²) < 4.78 is 0. The van der Waals surface area contributed by atoms with Gasteiger partial charge in [-0.25, -0.2) is 0 Å². The van der Waals surface area contributed by atoms with Crippen molar-refractivity contribution in [3.63, 3.8) is 0 Å². The van der Waals surface area contributed by atoms with Gasteiger partial charge in [-0.2, -0.15) is 0 Å². The van der Waals surface area contributed by atoms with Crippen molar-refractivity contribution < 1.29 is 4.79 Å². The Kier molecular flexibility index (Phi) is 5.69. The van der Waals surface area contributed by atoms with Crippen LogP contribution in [0.25, 0.3) is 0 Å². The fourth-order valence-corrected chi connectivity index (χ4v) is 0.983. The normalized spacial score (nSPS) is 9.25. The Balaban J connectivity index is 2.99. The molecule has 0 saturated heterocycles. The highest BCUT2D eigenvalue weighted by atomic mass is 32.2. The zero-order valence-electron chi connectivity index (χ0n) is 4.72. The van der Waals surface area contributed by atoms with Gasteiger partial charge >= 0.3 is 0 Å². The van der Waals surface area contributed by atoms with Crippen molar-refractivity contribution in [2.24, 2.45) is 5.14 Å². The van der Waals surface area contributed by atoms with E-state index in [1.54, 1.807) is 6.26 Å². The number of rotatable bonds is 3. The third-order valence-electron chi connectivity index (χ3n) is 0.652. The van der Waals surface area contributed by atoms with Gasteiger partial charge in [-0.15, -0.1) is 0 Å². The lowest BCUT2D eigenvalue weighted by Crippen LogP contribution is -1.93. The second kappa shape index (κ2) is 5.47. The molecule has 0 rings (SSSR count). The highest BCUT2D eigenvalue weighted by Crippen LogP contribution is 2.01. The van der Waals surface area contributed by atoms with E-state index in [2.05, 4.69) is 0 Å². The van der Waals surface area contributed by atoms with Gasteiger partial charge in [-0.1, -0.05) is 23.7 Å². The molecule has 2 N–H and O–H groups in total. The largest absolute Gasteiger partial charge is 0.287 e. The minimum Gasteiger partial charge on any atom is -0.287 e. The maximum Gasteiger partial charge on any atom is 0.189 e. The Morgan fingerprint density at radius 1 is 1.75 bits per heavy atom. The van der Waals surface area contributed by atoms with E-state index in [9.17, 15) is 4.79 Å². The van der Waals surface area contributed by atoms with Gasteiger partial charge in [0.25, 0.3) is 0 Å². The molecule has 0 aromatic heterocycles. The third kappa shape index (κ3) is 4.49. The van der Waals surface area contributed by atoms with E-state index in [0.29, 0.717) is 6.42 Å². The smallest absolute Gasteiger partial charge is 0.189 e. The zero-order valence-corrected chi connectivity index (χ0v) is 6.35. The Hall–Kier alpha value is 0.330. The minimum absolute atomic E-state index is 0.211. The van der Waals surface area contributed by atoms with Crippen LogP contribution in [0.15, 0.2) is 0 Å². The fourth-order valence-electron chi connectivity index (χ4n) is 0.244. The predicted octanol–water partition coefficient (Wildman–Crippen LogP) is 0.873. The van der Waals surface area contributed by atoms with Crippen molar-refractivity contribution >= 4 is 28.8 Å². The van der Waals surface area contributed by atoms with Gasteiger partial charge in [-0.3, -0.25) is 9.93 Å². The second-order valence-electron chi connectivity index (χ2n) is 1.20. The van der Waals surface area contributed by atoms with E-state index >= 15 is 0 Å². The summed E-state index contributed by atoms with van der Waals surface area (Å²) >= 11 is 2.47. The summed E-state index contributed by atoms with van der Waals surface area (Å²) in [4.78, 5) is 10.5. The quantitative estimate of drug-likeness (QED) is 0.608. The molecule has 8 heavy (non-hydrogen) atoms. The molecule has 0 aliphatic heterocycles. The van der Waals surface area contributed by atoms with E-state index in [0.717, 1.165) is 5.75 Å². The lowest BCUT2D eigenvalue weighted by atomic mass is 10.5. The molecule has 0 fully saturated rings. The van der Waals surface area contributed by atoms with Crippen LogP contribution in [0.1, 0.15) is 6.42 Å². The Labute approximate surface area is 57.7 Å². The van der Waals surface area contributed by atoms with Crippen molar-refractivity contribution in [2.45, 2.75) is 6.42 Å². The molecule has 0 aliphatic rings. The van der Waals surface area contributed by atoms with Crippen molar-refractivity contribution in [3.05, 3.63) is 0 Å². The first-order valence-corrected chi connectivity index (χ1v) is 4.47. The summed E-state index contributed by atoms with van der Waals surface area (Å²) in [6, 6.07) is 0. The van der Waals surface area contributed by atoms with Crippen LogP contribution in [0, 0.1) is 0 Å². The average Bonchev–Trinajstić information content (AvgIpc) is 1.83. The Bertz CT molecular complexity index is 76.4. The van der Waals surface area contributed by atoms with E-state index in [1.165, 1.54) is 23.7 Å². The highest BCUT2D eigenvalue weighted by molar-refractivity contribution is 8.13. The first-order chi connectivity index (χ1) is 3.81. The second-order valence-corrected chi connectivity index (χ2v) is 2.80. The Morgan fingerprint density at radius 3 is 2.75 bits per heavy atom. The molecule has 0 aliphatic carbocycles. The molecular weight excluding hydrogens is 142 g/mol. The summed E-state index contributed by atoms with van der Waals surface area (Å²) in [6.45, 7) is 0. The molecule has 0 aromatic rings. The summed E-state index contributed by atoms with van der Waals surface area (Å²) in [5, 5.41) is 5.30. The van der Waals surface area contributed by atoms with Crippen LogP contribution >= 0.6 is 23.7 Å². The fraction of sp³-hybridized carbons (Fsp3) is 0.750.